The smallest absolute Gasteiger partial charge is 0.347 e. The van der Waals surface area contributed by atoms with E-state index < -0.39 is 11.9 Å². The van der Waals surface area contributed by atoms with Gasteiger partial charge in [-0.25, -0.2) is 0 Å². The fourth-order valence-corrected chi connectivity index (χ4v) is 7.52. The molecule has 0 saturated heterocycles. The van der Waals surface area contributed by atoms with Gasteiger partial charge in [0.2, 0.25) is 0 Å². The Hall–Kier alpha value is -2.38. The molecular weight excluding hydrogens is 441 g/mol. The van der Waals surface area contributed by atoms with E-state index in [0.717, 1.165) is 49.9 Å². The van der Waals surface area contributed by atoms with Crippen molar-refractivity contribution in [2.45, 2.75) is 88.9 Å². The van der Waals surface area contributed by atoms with Crippen LogP contribution in [0.4, 0.5) is 13.2 Å². The number of alkyl halides is 3. The molecule has 0 aliphatic heterocycles. The van der Waals surface area contributed by atoms with E-state index in [0.29, 0.717) is 35.4 Å². The first kappa shape index (κ1) is 22.1. The lowest BCUT2D eigenvalue weighted by atomic mass is 9.73. The van der Waals surface area contributed by atoms with Gasteiger partial charge in [-0.2, -0.15) is 18.3 Å². The highest BCUT2D eigenvalue weighted by Crippen LogP contribution is 2.55. The summed E-state index contributed by atoms with van der Waals surface area (Å²) in [5.74, 6) is 2.21. The summed E-state index contributed by atoms with van der Waals surface area (Å²) in [6.45, 7) is 0.135. The quantitative estimate of drug-likeness (QED) is 0.656. The molecule has 3 saturated carbocycles. The lowest BCUT2D eigenvalue weighted by Crippen LogP contribution is -2.51. The van der Waals surface area contributed by atoms with E-state index in [4.69, 9.17) is 0 Å². The maximum absolute atomic E-state index is 13.5. The summed E-state index contributed by atoms with van der Waals surface area (Å²) in [4.78, 5) is 17.7. The second-order valence-electron chi connectivity index (χ2n) is 11.1. The summed E-state index contributed by atoms with van der Waals surface area (Å²) in [5.41, 5.74) is 1.18. The van der Waals surface area contributed by atoms with E-state index in [1.54, 1.807) is 18.3 Å². The number of pyridine rings is 1. The van der Waals surface area contributed by atoms with Crippen LogP contribution < -0.4 is 5.32 Å². The normalized spacial score (nSPS) is 30.1. The predicted octanol–water partition coefficient (Wildman–Crippen LogP) is 5.31. The van der Waals surface area contributed by atoms with E-state index in [-0.39, 0.29) is 18.0 Å². The van der Waals surface area contributed by atoms with Crippen LogP contribution in [0.1, 0.15) is 90.8 Å². The number of halogens is 3. The van der Waals surface area contributed by atoms with Gasteiger partial charge in [-0.1, -0.05) is 12.8 Å². The first-order valence-corrected chi connectivity index (χ1v) is 12.7. The van der Waals surface area contributed by atoms with Gasteiger partial charge < -0.3 is 5.32 Å². The Morgan fingerprint density at radius 3 is 2.82 bits per heavy atom. The molecule has 6 rings (SSSR count). The SMILES string of the molecule is O=C(N[C@]12CCC[C@H]3CC(CC3C1)C2)c1ccnc(Cn2nc(C(F)(F)F)c3c2CCCC3)c1. The number of hydrogen-bond donors (Lipinski definition) is 1. The molecule has 1 N–H and O–H groups in total. The third-order valence-corrected chi connectivity index (χ3v) is 8.80. The number of aromatic nitrogens is 3. The summed E-state index contributed by atoms with van der Waals surface area (Å²) in [5, 5.41) is 7.35. The Kier molecular flexibility index (Phi) is 5.26. The fraction of sp³-hybridized carbons (Fsp3) is 0.654. The summed E-state index contributed by atoms with van der Waals surface area (Å²) in [6, 6.07) is 3.42. The lowest BCUT2D eigenvalue weighted by Gasteiger charge is -2.41. The van der Waals surface area contributed by atoms with Crippen molar-refractivity contribution >= 4 is 5.91 Å². The third-order valence-electron chi connectivity index (χ3n) is 8.80. The average molecular weight is 473 g/mol. The van der Waals surface area contributed by atoms with Crippen molar-refractivity contribution in [2.24, 2.45) is 17.8 Å². The molecule has 0 spiro atoms. The first-order valence-electron chi connectivity index (χ1n) is 12.7. The van der Waals surface area contributed by atoms with Crippen molar-refractivity contribution in [1.29, 1.82) is 0 Å². The largest absolute Gasteiger partial charge is 0.435 e. The molecule has 2 aromatic rings. The maximum Gasteiger partial charge on any atom is 0.435 e. The van der Waals surface area contributed by atoms with Gasteiger partial charge in [0, 0.05) is 28.6 Å². The molecule has 0 aromatic carbocycles. The Labute approximate surface area is 197 Å². The lowest BCUT2D eigenvalue weighted by molar-refractivity contribution is -0.142. The van der Waals surface area contributed by atoms with Gasteiger partial charge in [0.05, 0.1) is 12.2 Å². The number of fused-ring (bicyclic) bond motifs is 3. The minimum absolute atomic E-state index is 0.0955. The standard InChI is InChI=1S/C26H31F3N4O/c27-26(28,29)23-21-5-1-2-6-22(21)33(32-23)15-20-12-18(7-9-30-20)24(34)31-25-8-3-4-17-10-16(13-25)11-19(17)14-25/h7,9,12,16-17,19H,1-6,8,10-11,13-15H2,(H,31,34)/t16?,17-,19?,25-/m0/s1. The molecule has 4 atom stereocenters. The van der Waals surface area contributed by atoms with E-state index >= 15 is 0 Å². The van der Waals surface area contributed by atoms with Crippen molar-refractivity contribution in [2.75, 3.05) is 0 Å². The summed E-state index contributed by atoms with van der Waals surface area (Å²) in [7, 11) is 0. The van der Waals surface area contributed by atoms with Crippen LogP contribution in [0.25, 0.3) is 0 Å². The highest BCUT2D eigenvalue weighted by molar-refractivity contribution is 5.94. The van der Waals surface area contributed by atoms with E-state index in [1.165, 1.54) is 30.4 Å². The summed E-state index contributed by atoms with van der Waals surface area (Å²) >= 11 is 0. The van der Waals surface area contributed by atoms with Gasteiger partial charge in [0.1, 0.15) is 0 Å². The average Bonchev–Trinajstić information content (AvgIpc) is 3.27. The molecule has 2 heterocycles. The Morgan fingerprint density at radius 1 is 1.15 bits per heavy atom. The molecule has 3 bridgehead atoms. The number of carbonyl (C=O) groups is 1. The monoisotopic (exact) mass is 472 g/mol. The molecule has 0 radical (unpaired) electrons. The molecule has 1 amide bonds. The molecule has 8 heteroatoms. The molecule has 5 nitrogen and oxygen atoms in total. The molecule has 2 unspecified atom stereocenters. The van der Waals surface area contributed by atoms with Crippen LogP contribution in [0.3, 0.4) is 0 Å². The van der Waals surface area contributed by atoms with Crippen LogP contribution in [-0.4, -0.2) is 26.2 Å². The van der Waals surface area contributed by atoms with Crippen molar-refractivity contribution in [3.63, 3.8) is 0 Å². The fourth-order valence-electron chi connectivity index (χ4n) is 7.52. The van der Waals surface area contributed by atoms with Gasteiger partial charge >= 0.3 is 6.18 Å². The number of nitrogens with one attached hydrogen (secondary N) is 1. The second-order valence-corrected chi connectivity index (χ2v) is 11.1. The zero-order chi connectivity index (χ0) is 23.5. The predicted molar refractivity (Wildman–Crippen MR) is 120 cm³/mol. The van der Waals surface area contributed by atoms with Gasteiger partial charge in [-0.05, 0) is 87.7 Å². The Morgan fingerprint density at radius 2 is 1.97 bits per heavy atom. The van der Waals surface area contributed by atoms with Crippen LogP contribution in [0.2, 0.25) is 0 Å². The van der Waals surface area contributed by atoms with Gasteiger partial charge in [-0.3, -0.25) is 14.5 Å². The minimum atomic E-state index is -4.46. The zero-order valence-electron chi connectivity index (χ0n) is 19.3. The van der Waals surface area contributed by atoms with Crippen molar-refractivity contribution in [3.8, 4) is 0 Å². The molecule has 4 aliphatic carbocycles. The summed E-state index contributed by atoms with van der Waals surface area (Å²) < 4.78 is 42.1. The molecule has 182 valence electrons. The first-order chi connectivity index (χ1) is 16.3. The highest BCUT2D eigenvalue weighted by Gasteiger charge is 2.50. The van der Waals surface area contributed by atoms with Crippen LogP contribution in [0.5, 0.6) is 0 Å². The van der Waals surface area contributed by atoms with Crippen molar-refractivity contribution < 1.29 is 18.0 Å². The number of amides is 1. The van der Waals surface area contributed by atoms with Crippen molar-refractivity contribution in [3.05, 3.63) is 46.5 Å². The zero-order valence-corrected chi connectivity index (χ0v) is 19.3. The molecule has 4 aliphatic rings. The van der Waals surface area contributed by atoms with Crippen LogP contribution >= 0.6 is 0 Å². The van der Waals surface area contributed by atoms with E-state index in [9.17, 15) is 18.0 Å². The molecule has 34 heavy (non-hydrogen) atoms. The molecule has 2 aromatic heterocycles. The third kappa shape index (κ3) is 3.93. The van der Waals surface area contributed by atoms with Gasteiger partial charge in [-0.15, -0.1) is 0 Å². The Bertz CT molecular complexity index is 1110. The van der Waals surface area contributed by atoms with Gasteiger partial charge in [0.15, 0.2) is 5.69 Å². The second kappa shape index (κ2) is 8.09. The maximum atomic E-state index is 13.5. The topological polar surface area (TPSA) is 59.8 Å². The number of nitrogens with zero attached hydrogens (tertiary/aromatic N) is 3. The number of hydrogen-bond acceptors (Lipinski definition) is 3. The van der Waals surface area contributed by atoms with Crippen LogP contribution in [-0.2, 0) is 25.6 Å². The van der Waals surface area contributed by atoms with Gasteiger partial charge in [0.25, 0.3) is 5.91 Å². The summed E-state index contributed by atoms with van der Waals surface area (Å²) in [6.07, 6.45) is 8.00. The molecule has 3 fully saturated rings. The van der Waals surface area contributed by atoms with Crippen molar-refractivity contribution in [1.82, 2.24) is 20.1 Å². The Balaban J connectivity index is 1.23. The molecular formula is C26H31F3N4O. The highest BCUT2D eigenvalue weighted by atomic mass is 19.4. The van der Waals surface area contributed by atoms with Crippen LogP contribution in [0.15, 0.2) is 18.3 Å². The van der Waals surface area contributed by atoms with Crippen LogP contribution in [0, 0.1) is 17.8 Å². The number of carbonyl (C=O) groups excluding carboxylic acids is 1. The van der Waals surface area contributed by atoms with E-state index in [2.05, 4.69) is 15.4 Å². The minimum Gasteiger partial charge on any atom is -0.347 e. The van der Waals surface area contributed by atoms with E-state index in [1.807, 2.05) is 0 Å². The number of rotatable bonds is 4.